The van der Waals surface area contributed by atoms with Gasteiger partial charge in [-0.25, -0.2) is 4.39 Å². The monoisotopic (exact) mass is 431 g/mol. The largest absolute Gasteiger partial charge is 0.395 e. The number of benzene rings is 2. The number of rotatable bonds is 10. The molecule has 31 heavy (non-hydrogen) atoms. The molecule has 0 aromatic heterocycles. The molecular formula is C22H26FN3O5. The van der Waals surface area contributed by atoms with Crippen molar-refractivity contribution in [2.45, 2.75) is 38.8 Å². The minimum Gasteiger partial charge on any atom is -0.395 e. The zero-order chi connectivity index (χ0) is 23.0. The molecule has 0 saturated heterocycles. The summed E-state index contributed by atoms with van der Waals surface area (Å²) in [5.41, 5.74) is -0.0198. The molecule has 0 spiro atoms. The van der Waals surface area contributed by atoms with Crippen LogP contribution in [0.15, 0.2) is 48.5 Å². The van der Waals surface area contributed by atoms with Crippen molar-refractivity contribution in [2.75, 3.05) is 13.2 Å². The minimum atomic E-state index is -0.999. The summed E-state index contributed by atoms with van der Waals surface area (Å²) >= 11 is 0. The first-order valence-electron chi connectivity index (χ1n) is 9.94. The Balaban J connectivity index is 2.39. The van der Waals surface area contributed by atoms with Crippen LogP contribution in [0.3, 0.4) is 0 Å². The molecule has 0 saturated carbocycles. The Kier molecular flexibility index (Phi) is 8.63. The quantitative estimate of drug-likeness (QED) is 0.444. The van der Waals surface area contributed by atoms with Crippen LogP contribution in [-0.2, 0) is 11.2 Å². The van der Waals surface area contributed by atoms with Crippen molar-refractivity contribution in [2.24, 2.45) is 0 Å². The van der Waals surface area contributed by atoms with Crippen LogP contribution in [0.2, 0.25) is 0 Å². The summed E-state index contributed by atoms with van der Waals surface area (Å²) in [6.07, 6.45) is 0.689. The second kappa shape index (κ2) is 11.2. The summed E-state index contributed by atoms with van der Waals surface area (Å²) in [6.45, 7) is 2.85. The first kappa shape index (κ1) is 23.9. The molecule has 2 amide bonds. The fourth-order valence-corrected chi connectivity index (χ4v) is 3.21. The number of hydrogen-bond acceptors (Lipinski definition) is 5. The SMILES string of the molecule is CC(C)NC(=O)C(CCc1ccccc1)N(CCO)C(=O)c1cc([N+](=O)[O-])ccc1F. The highest BCUT2D eigenvalue weighted by Crippen LogP contribution is 2.21. The summed E-state index contributed by atoms with van der Waals surface area (Å²) < 4.78 is 14.4. The van der Waals surface area contributed by atoms with Crippen molar-refractivity contribution in [3.8, 4) is 0 Å². The lowest BCUT2D eigenvalue weighted by atomic mass is 10.0. The molecule has 0 bridgehead atoms. The van der Waals surface area contributed by atoms with Gasteiger partial charge >= 0.3 is 0 Å². The van der Waals surface area contributed by atoms with Gasteiger partial charge in [0.25, 0.3) is 11.6 Å². The van der Waals surface area contributed by atoms with Crippen molar-refractivity contribution in [1.29, 1.82) is 0 Å². The Morgan fingerprint density at radius 2 is 1.87 bits per heavy atom. The molecule has 2 rings (SSSR count). The van der Waals surface area contributed by atoms with E-state index in [-0.39, 0.29) is 19.0 Å². The van der Waals surface area contributed by atoms with E-state index < -0.39 is 46.5 Å². The summed E-state index contributed by atoms with van der Waals surface area (Å²) in [6, 6.07) is 10.8. The third-order valence-corrected chi connectivity index (χ3v) is 4.65. The number of aliphatic hydroxyl groups is 1. The molecule has 2 N–H and O–H groups in total. The fourth-order valence-electron chi connectivity index (χ4n) is 3.21. The van der Waals surface area contributed by atoms with Gasteiger partial charge in [-0.2, -0.15) is 0 Å². The van der Waals surface area contributed by atoms with Crippen molar-refractivity contribution in [1.82, 2.24) is 10.2 Å². The van der Waals surface area contributed by atoms with Crippen molar-refractivity contribution in [3.05, 3.63) is 75.6 Å². The second-order valence-electron chi connectivity index (χ2n) is 7.35. The molecule has 0 aliphatic heterocycles. The third kappa shape index (κ3) is 6.58. The van der Waals surface area contributed by atoms with Gasteiger partial charge in [0.1, 0.15) is 11.9 Å². The van der Waals surface area contributed by atoms with Gasteiger partial charge < -0.3 is 15.3 Å². The molecule has 2 aromatic rings. The molecule has 8 nitrogen and oxygen atoms in total. The summed E-state index contributed by atoms with van der Waals surface area (Å²) in [5.74, 6) is -2.28. The zero-order valence-corrected chi connectivity index (χ0v) is 17.5. The molecule has 0 radical (unpaired) electrons. The van der Waals surface area contributed by atoms with E-state index >= 15 is 0 Å². The van der Waals surface area contributed by atoms with Gasteiger partial charge in [-0.15, -0.1) is 0 Å². The van der Waals surface area contributed by atoms with Gasteiger partial charge in [0, 0.05) is 24.7 Å². The number of nitrogens with zero attached hydrogens (tertiary/aromatic N) is 2. The maximum atomic E-state index is 14.4. The summed E-state index contributed by atoms with van der Waals surface area (Å²) in [4.78, 5) is 37.4. The number of amides is 2. The van der Waals surface area contributed by atoms with E-state index in [9.17, 15) is 29.2 Å². The average molecular weight is 431 g/mol. The number of carbonyl (C=O) groups is 2. The number of carbonyl (C=O) groups excluding carboxylic acids is 2. The predicted molar refractivity (Wildman–Crippen MR) is 113 cm³/mol. The van der Waals surface area contributed by atoms with Gasteiger partial charge in [-0.1, -0.05) is 30.3 Å². The summed E-state index contributed by atoms with van der Waals surface area (Å²) in [7, 11) is 0. The van der Waals surface area contributed by atoms with E-state index in [0.717, 1.165) is 28.7 Å². The average Bonchev–Trinajstić information content (AvgIpc) is 2.73. The maximum Gasteiger partial charge on any atom is 0.270 e. The van der Waals surface area contributed by atoms with Crippen LogP contribution >= 0.6 is 0 Å². The van der Waals surface area contributed by atoms with E-state index in [4.69, 9.17) is 0 Å². The fraction of sp³-hybridized carbons (Fsp3) is 0.364. The maximum absolute atomic E-state index is 14.4. The van der Waals surface area contributed by atoms with E-state index in [1.807, 2.05) is 30.3 Å². The zero-order valence-electron chi connectivity index (χ0n) is 17.5. The molecule has 1 atom stereocenters. The van der Waals surface area contributed by atoms with E-state index in [1.54, 1.807) is 13.8 Å². The smallest absolute Gasteiger partial charge is 0.270 e. The van der Waals surface area contributed by atoms with Gasteiger partial charge in [-0.05, 0) is 38.3 Å². The number of hydrogen-bond donors (Lipinski definition) is 2. The Morgan fingerprint density at radius 1 is 1.19 bits per heavy atom. The number of nitro groups is 1. The molecule has 0 heterocycles. The number of non-ortho nitro benzene ring substituents is 1. The first-order valence-corrected chi connectivity index (χ1v) is 9.94. The van der Waals surface area contributed by atoms with Gasteiger partial charge in [-0.3, -0.25) is 19.7 Å². The number of aryl methyl sites for hydroxylation is 1. The highest BCUT2D eigenvalue weighted by atomic mass is 19.1. The van der Waals surface area contributed by atoms with Gasteiger partial charge in [0.05, 0.1) is 17.1 Å². The highest BCUT2D eigenvalue weighted by Gasteiger charge is 2.32. The lowest BCUT2D eigenvalue weighted by Gasteiger charge is -2.31. The number of halogens is 1. The van der Waals surface area contributed by atoms with Crippen molar-refractivity contribution in [3.63, 3.8) is 0 Å². The van der Waals surface area contributed by atoms with E-state index in [1.165, 1.54) is 0 Å². The van der Waals surface area contributed by atoms with Crippen LogP contribution in [0.25, 0.3) is 0 Å². The molecule has 0 fully saturated rings. The van der Waals surface area contributed by atoms with Crippen molar-refractivity contribution >= 4 is 17.5 Å². The highest BCUT2D eigenvalue weighted by molar-refractivity contribution is 5.98. The molecule has 9 heteroatoms. The van der Waals surface area contributed by atoms with Crippen molar-refractivity contribution < 1.29 is 24.0 Å². The molecule has 166 valence electrons. The van der Waals surface area contributed by atoms with E-state index in [0.29, 0.717) is 6.42 Å². The summed E-state index contributed by atoms with van der Waals surface area (Å²) in [5, 5.41) is 23.3. The standard InChI is InChI=1S/C22H26FN3O5/c1-15(2)24-21(28)20(11-8-16-6-4-3-5-7-16)25(12-13-27)22(29)18-14-17(26(30)31)9-10-19(18)23/h3-7,9-10,14-15,20,27H,8,11-13H2,1-2H3,(H,24,28). The topological polar surface area (TPSA) is 113 Å². The predicted octanol–water partition coefficient (Wildman–Crippen LogP) is 2.69. The normalized spacial score (nSPS) is 11.8. The second-order valence-corrected chi connectivity index (χ2v) is 7.35. The Labute approximate surface area is 179 Å². The molecule has 0 aliphatic rings. The lowest BCUT2D eigenvalue weighted by molar-refractivity contribution is -0.384. The molecule has 0 aliphatic carbocycles. The number of aliphatic hydroxyl groups excluding tert-OH is 1. The van der Waals surface area contributed by atoms with E-state index in [2.05, 4.69) is 5.32 Å². The first-order chi connectivity index (χ1) is 14.7. The Morgan fingerprint density at radius 3 is 2.45 bits per heavy atom. The van der Waals surface area contributed by atoms with Gasteiger partial charge in [0.15, 0.2) is 0 Å². The van der Waals surface area contributed by atoms with Crippen LogP contribution in [-0.4, -0.2) is 52.0 Å². The van der Waals surface area contributed by atoms with Crippen LogP contribution in [0.1, 0.15) is 36.2 Å². The van der Waals surface area contributed by atoms with Crippen LogP contribution in [0.5, 0.6) is 0 Å². The van der Waals surface area contributed by atoms with Crippen LogP contribution in [0, 0.1) is 15.9 Å². The molecule has 2 aromatic carbocycles. The van der Waals surface area contributed by atoms with Crippen LogP contribution < -0.4 is 5.32 Å². The lowest BCUT2D eigenvalue weighted by Crippen LogP contribution is -2.52. The third-order valence-electron chi connectivity index (χ3n) is 4.65. The number of nitro benzene ring substituents is 1. The van der Waals surface area contributed by atoms with Crippen LogP contribution in [0.4, 0.5) is 10.1 Å². The minimum absolute atomic E-state index is 0.202. The molecule has 1 unspecified atom stereocenters. The number of nitrogens with one attached hydrogen (secondary N) is 1. The molecular weight excluding hydrogens is 405 g/mol. The Bertz CT molecular complexity index is 921. The van der Waals surface area contributed by atoms with Gasteiger partial charge in [0.2, 0.25) is 5.91 Å². The Hall–Kier alpha value is -3.33.